The fraction of sp³-hybridized carbons (Fsp3) is 0.471. The fourth-order valence-corrected chi connectivity index (χ4v) is 2.85. The zero-order chi connectivity index (χ0) is 14.9. The molecule has 1 aromatic carbocycles. The predicted molar refractivity (Wildman–Crippen MR) is 93.0 cm³/mol. The van der Waals surface area contributed by atoms with E-state index >= 15 is 0 Å². The summed E-state index contributed by atoms with van der Waals surface area (Å²) in [7, 11) is 0. The van der Waals surface area contributed by atoms with Crippen molar-refractivity contribution in [1.29, 1.82) is 0 Å². The van der Waals surface area contributed by atoms with E-state index in [9.17, 15) is 0 Å². The van der Waals surface area contributed by atoms with E-state index in [4.69, 9.17) is 17.0 Å². The van der Waals surface area contributed by atoms with Crippen LogP contribution < -0.4 is 15.4 Å². The molecule has 0 spiro atoms. The van der Waals surface area contributed by atoms with Crippen molar-refractivity contribution in [3.63, 3.8) is 0 Å². The zero-order valence-electron chi connectivity index (χ0n) is 12.4. The van der Waals surface area contributed by atoms with E-state index in [-0.39, 0.29) is 0 Å². The Balaban J connectivity index is 1.79. The van der Waals surface area contributed by atoms with Crippen molar-refractivity contribution < 1.29 is 4.74 Å². The van der Waals surface area contributed by atoms with Gasteiger partial charge in [0.25, 0.3) is 0 Å². The molecule has 0 unspecified atom stereocenters. The molecule has 1 aromatic rings. The van der Waals surface area contributed by atoms with Gasteiger partial charge in [0.05, 0.1) is 0 Å². The van der Waals surface area contributed by atoms with Crippen molar-refractivity contribution in [2.24, 2.45) is 0 Å². The maximum atomic E-state index is 5.46. The number of nitrogens with one attached hydrogen (secondary N) is 2. The number of benzene rings is 1. The van der Waals surface area contributed by atoms with Crippen molar-refractivity contribution >= 4 is 23.0 Å². The van der Waals surface area contributed by atoms with Gasteiger partial charge in [0.1, 0.15) is 12.4 Å². The zero-order valence-corrected chi connectivity index (χ0v) is 13.3. The standard InChI is InChI=1S/C17H24N2OS/c1-2-13-20-16-11-9-15(10-12-16)19-17(21)18-14-7-5-3-4-6-8-14/h2,9-12,14H,1,3-8,13H2,(H2,18,19,21). The summed E-state index contributed by atoms with van der Waals surface area (Å²) in [6.45, 7) is 4.15. The molecule has 0 amide bonds. The molecule has 1 fully saturated rings. The van der Waals surface area contributed by atoms with E-state index < -0.39 is 0 Å². The molecule has 114 valence electrons. The minimum absolute atomic E-state index is 0.516. The second-order valence-corrected chi connectivity index (χ2v) is 5.82. The first-order chi connectivity index (χ1) is 10.3. The van der Waals surface area contributed by atoms with E-state index in [2.05, 4.69) is 17.2 Å². The first-order valence-electron chi connectivity index (χ1n) is 7.69. The molecule has 0 aliphatic heterocycles. The number of thiocarbonyl (C=S) groups is 1. The average Bonchev–Trinajstić information content (AvgIpc) is 2.75. The van der Waals surface area contributed by atoms with E-state index in [0.717, 1.165) is 11.4 Å². The van der Waals surface area contributed by atoms with Gasteiger partial charge < -0.3 is 15.4 Å². The lowest BCUT2D eigenvalue weighted by molar-refractivity contribution is 0.363. The van der Waals surface area contributed by atoms with Crippen LogP contribution in [0, 0.1) is 0 Å². The van der Waals surface area contributed by atoms with Gasteiger partial charge in [0.15, 0.2) is 5.11 Å². The molecule has 0 radical (unpaired) electrons. The van der Waals surface area contributed by atoms with Crippen molar-refractivity contribution in [1.82, 2.24) is 5.32 Å². The van der Waals surface area contributed by atoms with Crippen molar-refractivity contribution in [3.05, 3.63) is 36.9 Å². The van der Waals surface area contributed by atoms with Crippen LogP contribution >= 0.6 is 12.2 Å². The monoisotopic (exact) mass is 304 g/mol. The molecule has 0 saturated heterocycles. The summed E-state index contributed by atoms with van der Waals surface area (Å²) in [6.07, 6.45) is 9.48. The number of hydrogen-bond acceptors (Lipinski definition) is 2. The second kappa shape index (κ2) is 8.67. The van der Waals surface area contributed by atoms with Gasteiger partial charge >= 0.3 is 0 Å². The van der Waals surface area contributed by atoms with Gasteiger partial charge in [-0.15, -0.1) is 0 Å². The third-order valence-electron chi connectivity index (χ3n) is 3.67. The summed E-state index contributed by atoms with van der Waals surface area (Å²) in [4.78, 5) is 0. The van der Waals surface area contributed by atoms with Crippen LogP contribution in [0.4, 0.5) is 5.69 Å². The molecule has 4 heteroatoms. The lowest BCUT2D eigenvalue weighted by atomic mass is 10.1. The molecule has 0 heterocycles. The van der Waals surface area contributed by atoms with Crippen LogP contribution in [0.1, 0.15) is 38.5 Å². The van der Waals surface area contributed by atoms with Crippen LogP contribution in [-0.4, -0.2) is 17.8 Å². The van der Waals surface area contributed by atoms with E-state index in [1.165, 1.54) is 38.5 Å². The van der Waals surface area contributed by atoms with E-state index in [1.807, 2.05) is 24.3 Å². The number of rotatable bonds is 5. The smallest absolute Gasteiger partial charge is 0.170 e. The molecular weight excluding hydrogens is 280 g/mol. The maximum absolute atomic E-state index is 5.46. The number of hydrogen-bond donors (Lipinski definition) is 2. The quantitative estimate of drug-likeness (QED) is 0.484. The van der Waals surface area contributed by atoms with Crippen LogP contribution in [0.15, 0.2) is 36.9 Å². The number of anilines is 1. The molecule has 21 heavy (non-hydrogen) atoms. The van der Waals surface area contributed by atoms with Gasteiger partial charge in [0.2, 0.25) is 0 Å². The van der Waals surface area contributed by atoms with Crippen LogP contribution in [0.5, 0.6) is 5.75 Å². The van der Waals surface area contributed by atoms with E-state index in [0.29, 0.717) is 17.8 Å². The SMILES string of the molecule is C=CCOc1ccc(NC(=S)NC2CCCCCC2)cc1. The van der Waals surface area contributed by atoms with Crippen LogP contribution in [-0.2, 0) is 0 Å². The topological polar surface area (TPSA) is 33.3 Å². The molecule has 0 aromatic heterocycles. The highest BCUT2D eigenvalue weighted by Crippen LogP contribution is 2.18. The molecule has 0 atom stereocenters. The van der Waals surface area contributed by atoms with Crippen molar-refractivity contribution in [3.8, 4) is 5.75 Å². The summed E-state index contributed by atoms with van der Waals surface area (Å²) in [5, 5.41) is 7.38. The Hall–Kier alpha value is -1.55. The average molecular weight is 304 g/mol. The maximum Gasteiger partial charge on any atom is 0.170 e. The largest absolute Gasteiger partial charge is 0.490 e. The van der Waals surface area contributed by atoms with Gasteiger partial charge in [-0.25, -0.2) is 0 Å². The number of ether oxygens (including phenoxy) is 1. The van der Waals surface area contributed by atoms with Crippen LogP contribution in [0.3, 0.4) is 0 Å². The predicted octanol–water partition coefficient (Wildman–Crippen LogP) is 4.26. The molecule has 2 N–H and O–H groups in total. The lowest BCUT2D eigenvalue weighted by Gasteiger charge is -2.19. The summed E-state index contributed by atoms with van der Waals surface area (Å²) < 4.78 is 5.46. The Labute approximate surface area is 132 Å². The summed E-state index contributed by atoms with van der Waals surface area (Å²) in [5.74, 6) is 0.836. The summed E-state index contributed by atoms with van der Waals surface area (Å²) in [6, 6.07) is 8.32. The minimum Gasteiger partial charge on any atom is -0.490 e. The summed E-state index contributed by atoms with van der Waals surface area (Å²) in [5.41, 5.74) is 0.979. The fourth-order valence-electron chi connectivity index (χ4n) is 2.57. The highest BCUT2D eigenvalue weighted by Gasteiger charge is 2.12. The van der Waals surface area contributed by atoms with Gasteiger partial charge in [0, 0.05) is 11.7 Å². The molecule has 1 aliphatic rings. The van der Waals surface area contributed by atoms with Crippen LogP contribution in [0.2, 0.25) is 0 Å². The Kier molecular flexibility index (Phi) is 6.54. The molecule has 0 bridgehead atoms. The summed E-state index contributed by atoms with van der Waals surface area (Å²) >= 11 is 5.40. The lowest BCUT2D eigenvalue weighted by Crippen LogP contribution is -2.37. The van der Waals surface area contributed by atoms with Gasteiger partial charge in [-0.3, -0.25) is 0 Å². The Morgan fingerprint density at radius 2 is 1.86 bits per heavy atom. The minimum atomic E-state index is 0.516. The normalized spacial score (nSPS) is 15.8. The van der Waals surface area contributed by atoms with E-state index in [1.54, 1.807) is 6.08 Å². The van der Waals surface area contributed by atoms with Crippen molar-refractivity contribution in [2.45, 2.75) is 44.6 Å². The van der Waals surface area contributed by atoms with Crippen LogP contribution in [0.25, 0.3) is 0 Å². The Morgan fingerprint density at radius 3 is 2.48 bits per heavy atom. The molecule has 2 rings (SSSR count). The third kappa shape index (κ3) is 5.76. The molecular formula is C17H24N2OS. The second-order valence-electron chi connectivity index (χ2n) is 5.41. The molecule has 1 saturated carbocycles. The van der Waals surface area contributed by atoms with Gasteiger partial charge in [-0.05, 0) is 49.3 Å². The highest BCUT2D eigenvalue weighted by molar-refractivity contribution is 7.80. The highest BCUT2D eigenvalue weighted by atomic mass is 32.1. The Morgan fingerprint density at radius 1 is 1.19 bits per heavy atom. The van der Waals surface area contributed by atoms with Crippen molar-refractivity contribution in [2.75, 3.05) is 11.9 Å². The molecule has 3 nitrogen and oxygen atoms in total. The van der Waals surface area contributed by atoms with Gasteiger partial charge in [-0.1, -0.05) is 38.3 Å². The first-order valence-corrected chi connectivity index (χ1v) is 8.10. The third-order valence-corrected chi connectivity index (χ3v) is 3.89. The molecule has 1 aliphatic carbocycles. The first kappa shape index (κ1) is 15.8. The Bertz CT molecular complexity index is 450. The van der Waals surface area contributed by atoms with Gasteiger partial charge in [-0.2, -0.15) is 0 Å².